The zero-order valence-electron chi connectivity index (χ0n) is 73.3. The maximum atomic E-state index is 6.47. The predicted molar refractivity (Wildman–Crippen MR) is 544 cm³/mol. The van der Waals surface area contributed by atoms with E-state index in [1.165, 1.54) is 0 Å². The van der Waals surface area contributed by atoms with E-state index in [9.17, 15) is 0 Å². The molecule has 21 nitrogen and oxygen atoms in total. The molecular weight excluding hydrogens is 1710 g/mol. The Morgan fingerprint density at radius 1 is 0.167 bits per heavy atom. The third-order valence-corrected chi connectivity index (χ3v) is 24.8. The Hall–Kier alpha value is -19.4. The zero-order chi connectivity index (χ0) is 91.4. The molecule has 0 atom stereocenters. The Labute approximate surface area is 786 Å². The molecule has 15 heterocycles. The Bertz CT molecular complexity index is 8700. The molecule has 27 rings (SSSR count). The van der Waals surface area contributed by atoms with Gasteiger partial charge in [0, 0.05) is 169 Å². The first kappa shape index (κ1) is 80.7. The maximum absolute atomic E-state index is 6.47. The van der Waals surface area contributed by atoms with Gasteiger partial charge < -0.3 is 27.0 Å². The van der Waals surface area contributed by atoms with Gasteiger partial charge in [-0.25, -0.2) is 44.9 Å². The molecule has 0 saturated heterocycles. The van der Waals surface area contributed by atoms with Crippen molar-refractivity contribution in [1.29, 1.82) is 0 Å². The van der Waals surface area contributed by atoms with Crippen LogP contribution in [0, 0.1) is 0 Å². The van der Waals surface area contributed by atoms with Crippen LogP contribution in [-0.4, -0.2) is 88.5 Å². The molecule has 15 aromatic heterocycles. The van der Waals surface area contributed by atoms with E-state index >= 15 is 0 Å². The number of pyridine rings is 7. The molecule has 21 heteroatoms. The summed E-state index contributed by atoms with van der Waals surface area (Å²) < 4.78 is 26.2. The van der Waals surface area contributed by atoms with Crippen LogP contribution < -0.4 is 0 Å². The first-order valence-electron chi connectivity index (χ1n) is 45.0. The summed E-state index contributed by atoms with van der Waals surface area (Å²) in [6.07, 6.45) is 21.3. The molecular formula is C117H72N18O3. The number of aromatic nitrogens is 18. The minimum atomic E-state index is 0.571. The van der Waals surface area contributed by atoms with Crippen LogP contribution in [0.2, 0.25) is 0 Å². The lowest BCUT2D eigenvalue weighted by molar-refractivity contribution is 0.622. The summed E-state index contributed by atoms with van der Waals surface area (Å²) in [6, 6.07) is 123. The molecule has 0 aliphatic carbocycles. The van der Waals surface area contributed by atoms with Gasteiger partial charge in [-0.2, -0.15) is 0 Å². The van der Waals surface area contributed by atoms with Gasteiger partial charge in [-0.1, -0.05) is 133 Å². The van der Waals surface area contributed by atoms with Gasteiger partial charge in [0.05, 0.1) is 72.0 Å². The lowest BCUT2D eigenvalue weighted by Gasteiger charge is -2.12. The van der Waals surface area contributed by atoms with E-state index in [4.69, 9.17) is 58.1 Å². The number of nitrogens with zero attached hydrogens (tertiary/aromatic N) is 18. The molecule has 0 unspecified atom stereocenters. The van der Waals surface area contributed by atoms with Gasteiger partial charge in [0.25, 0.3) is 0 Å². The number of rotatable bonds is 15. The maximum Gasteiger partial charge on any atom is 0.227 e. The highest BCUT2D eigenvalue weighted by Gasteiger charge is 2.26. The third-order valence-electron chi connectivity index (χ3n) is 24.8. The Morgan fingerprint density at radius 2 is 0.457 bits per heavy atom. The summed E-state index contributed by atoms with van der Waals surface area (Å²) in [5, 5.41) is 6.44. The van der Waals surface area contributed by atoms with Crippen LogP contribution in [0.5, 0.6) is 0 Å². The molecule has 0 bridgehead atoms. The number of hydrogen-bond acceptors (Lipinski definition) is 18. The highest BCUT2D eigenvalue weighted by atomic mass is 16.4. The van der Waals surface area contributed by atoms with E-state index in [0.29, 0.717) is 41.0 Å². The van der Waals surface area contributed by atoms with E-state index in [0.717, 1.165) is 211 Å². The van der Waals surface area contributed by atoms with Gasteiger partial charge >= 0.3 is 0 Å². The van der Waals surface area contributed by atoms with Crippen molar-refractivity contribution in [1.82, 2.24) is 88.5 Å². The van der Waals surface area contributed by atoms with Gasteiger partial charge in [0.15, 0.2) is 40.0 Å². The van der Waals surface area contributed by atoms with Gasteiger partial charge in [0.2, 0.25) is 17.7 Å². The lowest BCUT2D eigenvalue weighted by atomic mass is 10.0. The van der Waals surface area contributed by atoms with Crippen molar-refractivity contribution in [3.63, 3.8) is 0 Å². The molecule has 27 aromatic rings. The smallest absolute Gasteiger partial charge is 0.227 e. The molecule has 138 heavy (non-hydrogen) atoms. The molecule has 0 aliphatic rings. The summed E-state index contributed by atoms with van der Waals surface area (Å²) in [5.74, 6) is 4.20. The highest BCUT2D eigenvalue weighted by molar-refractivity contribution is 6.22. The van der Waals surface area contributed by atoms with Crippen LogP contribution in [0.15, 0.2) is 452 Å². The molecule has 0 N–H and O–H groups in total. The summed E-state index contributed by atoms with van der Waals surface area (Å²) in [4.78, 5) is 69.3. The average molecular weight is 1780 g/mol. The average Bonchev–Trinajstić information content (AvgIpc) is 1.58. The first-order valence-corrected chi connectivity index (χ1v) is 45.0. The van der Waals surface area contributed by atoms with E-state index in [-0.39, 0.29) is 0 Å². The normalized spacial score (nSPS) is 11.5. The summed E-state index contributed by atoms with van der Waals surface area (Å²) in [5.41, 5.74) is 30.3. The van der Waals surface area contributed by atoms with Gasteiger partial charge in [-0.3, -0.25) is 29.9 Å². The predicted octanol–water partition coefficient (Wildman–Crippen LogP) is 27.5. The monoisotopic (exact) mass is 1780 g/mol. The van der Waals surface area contributed by atoms with Crippen molar-refractivity contribution in [2.24, 2.45) is 0 Å². The van der Waals surface area contributed by atoms with Gasteiger partial charge in [-0.15, -0.1) is 0 Å². The highest BCUT2D eigenvalue weighted by Crippen LogP contribution is 2.45. The molecule has 12 aromatic carbocycles. The molecule has 0 saturated carbocycles. The second kappa shape index (κ2) is 34.7. The van der Waals surface area contributed by atoms with Crippen LogP contribution in [0.25, 0.3) is 252 Å². The fourth-order valence-corrected chi connectivity index (χ4v) is 18.3. The first-order chi connectivity index (χ1) is 68.4. The minimum absolute atomic E-state index is 0.571. The summed E-state index contributed by atoms with van der Waals surface area (Å²) in [6.45, 7) is 0. The molecule has 648 valence electrons. The van der Waals surface area contributed by atoms with Crippen LogP contribution in [0.1, 0.15) is 0 Å². The molecule has 0 aliphatic heterocycles. The Morgan fingerprint density at radius 3 is 0.833 bits per heavy atom. The molecule has 0 fully saturated rings. The Balaban J connectivity index is 0.000000110. The van der Waals surface area contributed by atoms with Gasteiger partial charge in [0.1, 0.15) is 16.6 Å². The number of hydrogen-bond donors (Lipinski definition) is 0. The minimum Gasteiger partial charge on any atom is -0.435 e. The van der Waals surface area contributed by atoms with Crippen molar-refractivity contribution >= 4 is 98.7 Å². The zero-order valence-corrected chi connectivity index (χ0v) is 73.3. The third kappa shape index (κ3) is 15.0. The van der Waals surface area contributed by atoms with Crippen molar-refractivity contribution in [2.75, 3.05) is 0 Å². The molecule has 0 radical (unpaired) electrons. The number of fused-ring (bicyclic) bond motifs is 15. The number of oxazole rings is 3. The quantitative estimate of drug-likeness (QED) is 0.0925. The fourth-order valence-electron chi connectivity index (χ4n) is 18.3. The van der Waals surface area contributed by atoms with Crippen molar-refractivity contribution < 1.29 is 13.3 Å². The second-order valence-electron chi connectivity index (χ2n) is 33.1. The Kier molecular flexibility index (Phi) is 20.3. The van der Waals surface area contributed by atoms with Crippen molar-refractivity contribution in [2.45, 2.75) is 0 Å². The lowest BCUT2D eigenvalue weighted by Crippen LogP contribution is -2.01. The van der Waals surface area contributed by atoms with Crippen LogP contribution in [0.4, 0.5) is 0 Å². The molecule has 0 spiro atoms. The van der Waals surface area contributed by atoms with Crippen molar-refractivity contribution in [3.05, 3.63) is 438 Å². The largest absolute Gasteiger partial charge is 0.435 e. The van der Waals surface area contributed by atoms with Crippen molar-refractivity contribution in [3.8, 4) is 153 Å². The van der Waals surface area contributed by atoms with E-state index in [2.05, 4.69) is 207 Å². The van der Waals surface area contributed by atoms with E-state index < -0.39 is 0 Å². The van der Waals surface area contributed by atoms with Gasteiger partial charge in [-0.05, 0) is 242 Å². The summed E-state index contributed by atoms with van der Waals surface area (Å²) >= 11 is 0. The standard InChI is InChI=1S/C40H25N5O.C39H24N6O.C38H23N7O/c1-2-6-29(7-3-1)40-44-33-14-15-37-38(39(33)46-40)32-8-4-5-9-36(32)45(37)31-12-10-27(11-13-31)34-24-30(26-16-20-41-21-17-26)25-35(43-34)28-18-22-42-23-19-28;1-2-6-28(7-3-1)39-44-31-14-15-35-36(37(31)46-39)30-8-4-5-9-34(30)45(35)29-12-10-27(11-13-29)38-42-32(25-16-20-40-21-17-25)24-33(43-38)26-18-22-41-23-19-26;1-2-7-26(8-3-1)38-41-30-13-14-32-33(34(30)46-38)29-11-4-5-12-31(29)45(32)28-10-6-9-27(23-28)37-43-35(24-15-19-39-20-16-24)42-36(44-37)25-17-21-40-22-18-25/h1-25H;1-24H;1-23H. The van der Waals surface area contributed by atoms with E-state index in [1.54, 1.807) is 62.0 Å². The second-order valence-corrected chi connectivity index (χ2v) is 33.1. The van der Waals surface area contributed by atoms with Crippen LogP contribution in [-0.2, 0) is 0 Å². The van der Waals surface area contributed by atoms with Crippen LogP contribution in [0.3, 0.4) is 0 Å². The summed E-state index contributed by atoms with van der Waals surface area (Å²) in [7, 11) is 0. The van der Waals surface area contributed by atoms with E-state index in [1.807, 2.05) is 213 Å². The number of para-hydroxylation sites is 3. The SMILES string of the molecule is c1ccc(-c2nc3ccc4c(c5ccccc5n4-c4ccc(-c5cc(-c6ccncc6)cc(-c6ccncc6)n5)cc4)c3o2)cc1.c1ccc(-c2nc3ccc4c(c5ccccc5n4-c4ccc(-c5nc(-c6ccncc6)cc(-c6ccncc6)n5)cc4)c3o2)cc1.c1ccc(-c2nc3ccc4c(c5ccccc5n4-c4cccc(-c5nc(-c6ccncc6)nc(-c6ccncc6)n5)c4)c3o2)cc1. The number of benzene rings is 12. The topological polar surface area (TPSA) is 248 Å². The fraction of sp³-hybridized carbons (Fsp3) is 0. The molecule has 0 amide bonds. The van der Waals surface area contributed by atoms with Crippen LogP contribution >= 0.6 is 0 Å².